The lowest BCUT2D eigenvalue weighted by atomic mass is 9.95. The quantitative estimate of drug-likeness (QED) is 0.612. The van der Waals surface area contributed by atoms with Gasteiger partial charge in [-0.1, -0.05) is 20.8 Å². The van der Waals surface area contributed by atoms with E-state index in [4.69, 9.17) is 9.47 Å². The van der Waals surface area contributed by atoms with Gasteiger partial charge in [0.15, 0.2) is 0 Å². The highest BCUT2D eigenvalue weighted by Gasteiger charge is 2.30. The second kappa shape index (κ2) is 6.82. The van der Waals surface area contributed by atoms with Gasteiger partial charge in [0.25, 0.3) is 0 Å². The number of rotatable bonds is 1. The molecule has 1 aliphatic heterocycles. The molecule has 0 bridgehead atoms. The van der Waals surface area contributed by atoms with E-state index >= 15 is 0 Å². The molecule has 0 unspecified atom stereocenters. The van der Waals surface area contributed by atoms with Crippen LogP contribution in [-0.2, 0) is 14.3 Å². The second-order valence-electron chi connectivity index (χ2n) is 3.42. The van der Waals surface area contributed by atoms with Crippen molar-refractivity contribution in [1.29, 1.82) is 0 Å². The van der Waals surface area contributed by atoms with Crippen molar-refractivity contribution in [3.8, 4) is 0 Å². The van der Waals surface area contributed by atoms with Crippen LogP contribution in [0.5, 0.6) is 0 Å². The third kappa shape index (κ3) is 4.09. The van der Waals surface area contributed by atoms with Crippen LogP contribution in [0.4, 0.5) is 0 Å². The molecule has 0 aromatic carbocycles. The number of hydrogen-bond donors (Lipinski definition) is 0. The second-order valence-corrected chi connectivity index (χ2v) is 3.42. The zero-order valence-electron chi connectivity index (χ0n) is 9.87. The van der Waals surface area contributed by atoms with Gasteiger partial charge in [-0.15, -0.1) is 0 Å². The van der Waals surface area contributed by atoms with Crippen LogP contribution in [-0.4, -0.2) is 24.8 Å². The highest BCUT2D eigenvalue weighted by molar-refractivity contribution is 5.66. The molecule has 3 heteroatoms. The lowest BCUT2D eigenvalue weighted by Gasteiger charge is -2.33. The van der Waals surface area contributed by atoms with Crippen molar-refractivity contribution in [3.63, 3.8) is 0 Å². The Kier molecular flexibility index (Phi) is 6.54. The summed E-state index contributed by atoms with van der Waals surface area (Å²) in [4.78, 5) is 10.7. The molecule has 1 saturated heterocycles. The highest BCUT2D eigenvalue weighted by atomic mass is 16.6. The Morgan fingerprint density at radius 2 is 1.93 bits per heavy atom. The summed E-state index contributed by atoms with van der Waals surface area (Å²) in [6.07, 6.45) is 0.955. The summed E-state index contributed by atoms with van der Waals surface area (Å²) in [6, 6.07) is 0. The summed E-state index contributed by atoms with van der Waals surface area (Å²) in [5.41, 5.74) is 0. The number of carbonyl (C=O) groups is 1. The first-order chi connectivity index (χ1) is 6.61. The van der Waals surface area contributed by atoms with E-state index in [2.05, 4.69) is 6.92 Å². The van der Waals surface area contributed by atoms with Crippen LogP contribution in [0.2, 0.25) is 0 Å². The minimum atomic E-state index is -0.218. The summed E-state index contributed by atoms with van der Waals surface area (Å²) in [5, 5.41) is 0. The maximum Gasteiger partial charge on any atom is 0.303 e. The van der Waals surface area contributed by atoms with E-state index in [1.165, 1.54) is 6.92 Å². The van der Waals surface area contributed by atoms with Gasteiger partial charge in [0.05, 0.1) is 6.10 Å². The SMILES string of the molecule is CC.CC(=O)O[C@H]1[C@H](C)OCC[C@@H]1C. The zero-order chi connectivity index (χ0) is 11.1. The van der Waals surface area contributed by atoms with E-state index in [-0.39, 0.29) is 18.2 Å². The molecule has 0 N–H and O–H groups in total. The molecule has 0 saturated carbocycles. The van der Waals surface area contributed by atoms with E-state index in [1.54, 1.807) is 0 Å². The average Bonchev–Trinajstić information content (AvgIpc) is 2.15. The summed E-state index contributed by atoms with van der Waals surface area (Å²) in [6.45, 7) is 10.3. The number of hydrogen-bond acceptors (Lipinski definition) is 3. The van der Waals surface area contributed by atoms with Gasteiger partial charge >= 0.3 is 5.97 Å². The fourth-order valence-corrected chi connectivity index (χ4v) is 1.57. The van der Waals surface area contributed by atoms with Crippen LogP contribution >= 0.6 is 0 Å². The summed E-state index contributed by atoms with van der Waals surface area (Å²) < 4.78 is 10.5. The smallest absolute Gasteiger partial charge is 0.303 e. The maximum atomic E-state index is 10.7. The summed E-state index contributed by atoms with van der Waals surface area (Å²) >= 11 is 0. The van der Waals surface area contributed by atoms with Crippen LogP contribution in [0.1, 0.15) is 41.0 Å². The van der Waals surface area contributed by atoms with Crippen LogP contribution in [0, 0.1) is 5.92 Å². The van der Waals surface area contributed by atoms with Gasteiger partial charge in [0, 0.05) is 13.5 Å². The minimum Gasteiger partial charge on any atom is -0.460 e. The topological polar surface area (TPSA) is 35.5 Å². The van der Waals surface area contributed by atoms with E-state index in [0.717, 1.165) is 13.0 Å². The van der Waals surface area contributed by atoms with Crippen molar-refractivity contribution in [1.82, 2.24) is 0 Å². The lowest BCUT2D eigenvalue weighted by molar-refractivity contribution is -0.166. The number of ether oxygens (including phenoxy) is 2. The van der Waals surface area contributed by atoms with Gasteiger partial charge < -0.3 is 9.47 Å². The first kappa shape index (κ1) is 13.4. The van der Waals surface area contributed by atoms with E-state index < -0.39 is 0 Å². The molecule has 0 aliphatic carbocycles. The lowest BCUT2D eigenvalue weighted by Crippen LogP contribution is -2.40. The molecule has 3 nitrogen and oxygen atoms in total. The molecule has 0 amide bonds. The van der Waals surface area contributed by atoms with Crippen LogP contribution in [0.15, 0.2) is 0 Å². The van der Waals surface area contributed by atoms with Crippen molar-refractivity contribution >= 4 is 5.97 Å². The van der Waals surface area contributed by atoms with Gasteiger partial charge in [0.1, 0.15) is 6.10 Å². The van der Waals surface area contributed by atoms with Crippen molar-refractivity contribution in [2.24, 2.45) is 5.92 Å². The van der Waals surface area contributed by atoms with Crippen molar-refractivity contribution in [2.75, 3.05) is 6.61 Å². The number of carbonyl (C=O) groups excluding carboxylic acids is 1. The largest absolute Gasteiger partial charge is 0.460 e. The summed E-state index contributed by atoms with van der Waals surface area (Å²) in [5.74, 6) is 0.196. The molecule has 0 aromatic heterocycles. The van der Waals surface area contributed by atoms with Crippen LogP contribution in [0.25, 0.3) is 0 Å². The molecule has 3 atom stereocenters. The molecule has 0 radical (unpaired) electrons. The molecular weight excluding hydrogens is 180 g/mol. The molecule has 0 aromatic rings. The van der Waals surface area contributed by atoms with E-state index in [9.17, 15) is 4.79 Å². The predicted molar refractivity (Wildman–Crippen MR) is 56.1 cm³/mol. The van der Waals surface area contributed by atoms with Crippen molar-refractivity contribution < 1.29 is 14.3 Å². The molecule has 0 spiro atoms. The van der Waals surface area contributed by atoms with Crippen LogP contribution < -0.4 is 0 Å². The number of esters is 1. The summed E-state index contributed by atoms with van der Waals surface area (Å²) in [7, 11) is 0. The van der Waals surface area contributed by atoms with Gasteiger partial charge in [-0.25, -0.2) is 0 Å². The minimum absolute atomic E-state index is 0.0395. The van der Waals surface area contributed by atoms with E-state index in [1.807, 2.05) is 20.8 Å². The normalized spacial score (nSPS) is 31.4. The standard InChI is InChI=1S/C9H16O3.C2H6/c1-6-4-5-11-7(2)9(6)12-8(3)10;1-2/h6-7,9H,4-5H2,1-3H3;1-2H3/t6-,7-,9+;/m0./s1. The van der Waals surface area contributed by atoms with Crippen molar-refractivity contribution in [2.45, 2.75) is 53.2 Å². The Balaban J connectivity index is 0.000000791. The predicted octanol–water partition coefficient (Wildman–Crippen LogP) is 2.39. The molecule has 1 rings (SSSR count). The monoisotopic (exact) mass is 202 g/mol. The molecule has 14 heavy (non-hydrogen) atoms. The Morgan fingerprint density at radius 3 is 2.36 bits per heavy atom. The molecule has 84 valence electrons. The molecule has 1 aliphatic rings. The maximum absolute atomic E-state index is 10.7. The Hall–Kier alpha value is -0.570. The Labute approximate surface area is 86.8 Å². The van der Waals surface area contributed by atoms with Gasteiger partial charge in [-0.3, -0.25) is 4.79 Å². The van der Waals surface area contributed by atoms with Gasteiger partial charge in [-0.05, 0) is 19.3 Å². The fourth-order valence-electron chi connectivity index (χ4n) is 1.57. The third-order valence-electron chi connectivity index (χ3n) is 2.28. The van der Waals surface area contributed by atoms with E-state index in [0.29, 0.717) is 5.92 Å². The van der Waals surface area contributed by atoms with Gasteiger partial charge in [-0.2, -0.15) is 0 Å². The molecular formula is C11H22O3. The molecule has 1 heterocycles. The van der Waals surface area contributed by atoms with Crippen molar-refractivity contribution in [3.05, 3.63) is 0 Å². The first-order valence-electron chi connectivity index (χ1n) is 5.40. The van der Waals surface area contributed by atoms with Crippen LogP contribution in [0.3, 0.4) is 0 Å². The average molecular weight is 202 g/mol. The highest BCUT2D eigenvalue weighted by Crippen LogP contribution is 2.22. The Morgan fingerprint density at radius 1 is 1.36 bits per heavy atom. The van der Waals surface area contributed by atoms with Gasteiger partial charge in [0.2, 0.25) is 0 Å². The first-order valence-corrected chi connectivity index (χ1v) is 5.40. The fraction of sp³-hybridized carbons (Fsp3) is 0.909. The zero-order valence-corrected chi connectivity index (χ0v) is 9.87. The third-order valence-corrected chi connectivity index (χ3v) is 2.28. The molecule has 1 fully saturated rings. The Bertz CT molecular complexity index is 158.